The Kier molecular flexibility index (Phi) is 4.27. The van der Waals surface area contributed by atoms with E-state index in [1.165, 1.54) is 0 Å². The Morgan fingerprint density at radius 1 is 1.67 bits per heavy atom. The molecule has 7 nitrogen and oxygen atoms in total. The van der Waals surface area contributed by atoms with Crippen molar-refractivity contribution in [1.82, 2.24) is 15.0 Å². The van der Waals surface area contributed by atoms with Gasteiger partial charge in [-0.2, -0.15) is 0 Å². The van der Waals surface area contributed by atoms with Crippen molar-refractivity contribution >= 4 is 5.97 Å². The van der Waals surface area contributed by atoms with E-state index in [2.05, 4.69) is 10.3 Å². The lowest BCUT2D eigenvalue weighted by molar-refractivity contribution is 0.0526. The van der Waals surface area contributed by atoms with Gasteiger partial charge in [-0.15, -0.1) is 5.10 Å². The van der Waals surface area contributed by atoms with Crippen LogP contribution in [-0.2, 0) is 15.9 Å². The van der Waals surface area contributed by atoms with Crippen LogP contribution in [-0.4, -0.2) is 53.0 Å². The molecule has 0 radical (unpaired) electrons. The van der Waals surface area contributed by atoms with Crippen LogP contribution in [0, 0.1) is 0 Å². The van der Waals surface area contributed by atoms with E-state index in [9.17, 15) is 4.79 Å². The molecule has 0 bridgehead atoms. The van der Waals surface area contributed by atoms with Gasteiger partial charge in [-0.3, -0.25) is 0 Å². The molecule has 1 aromatic heterocycles. The zero-order chi connectivity index (χ0) is 13.0. The molecule has 0 amide bonds. The van der Waals surface area contributed by atoms with Gasteiger partial charge >= 0.3 is 5.97 Å². The molecule has 2 heterocycles. The van der Waals surface area contributed by atoms with Gasteiger partial charge in [0.15, 0.2) is 5.69 Å². The summed E-state index contributed by atoms with van der Waals surface area (Å²) < 4.78 is 12.1. The number of aromatic carboxylic acids is 1. The molecule has 1 aliphatic heterocycles. The van der Waals surface area contributed by atoms with Gasteiger partial charge in [-0.25, -0.2) is 9.48 Å². The summed E-state index contributed by atoms with van der Waals surface area (Å²) >= 11 is 0. The van der Waals surface area contributed by atoms with Crippen molar-refractivity contribution in [3.8, 4) is 0 Å². The van der Waals surface area contributed by atoms with E-state index in [1.54, 1.807) is 11.8 Å². The maximum Gasteiger partial charge on any atom is 0.358 e. The Hall–Kier alpha value is -1.47. The number of nitrogens with zero attached hydrogens (tertiary/aromatic N) is 3. The maximum absolute atomic E-state index is 11.1. The number of hydrogen-bond acceptors (Lipinski definition) is 5. The number of carboxylic acid groups (broad SMARTS) is 1. The number of hydrogen-bond donors (Lipinski definition) is 1. The molecular formula is C11H17N3O4. The maximum atomic E-state index is 11.1. The quantitative estimate of drug-likeness (QED) is 0.825. The van der Waals surface area contributed by atoms with E-state index in [0.717, 1.165) is 19.4 Å². The summed E-state index contributed by atoms with van der Waals surface area (Å²) in [5.41, 5.74) is 0.623. The zero-order valence-corrected chi connectivity index (χ0v) is 10.3. The lowest BCUT2D eigenvalue weighted by Crippen LogP contribution is -2.24. The predicted molar refractivity (Wildman–Crippen MR) is 61.7 cm³/mol. The van der Waals surface area contributed by atoms with Crippen LogP contribution in [0.15, 0.2) is 0 Å². The van der Waals surface area contributed by atoms with Crippen LogP contribution in [0.3, 0.4) is 0 Å². The largest absolute Gasteiger partial charge is 0.476 e. The van der Waals surface area contributed by atoms with Crippen LogP contribution in [0.1, 0.15) is 35.1 Å². The normalized spacial score (nSPS) is 19.9. The SMILES string of the molecule is COCCc1c(C(=O)O)nnn1C1CCCOC1. The van der Waals surface area contributed by atoms with Crippen LogP contribution in [0.4, 0.5) is 0 Å². The minimum absolute atomic E-state index is 0.0117. The molecule has 100 valence electrons. The second kappa shape index (κ2) is 5.92. The van der Waals surface area contributed by atoms with E-state index in [-0.39, 0.29) is 11.7 Å². The average Bonchev–Trinajstić information content (AvgIpc) is 2.81. The van der Waals surface area contributed by atoms with E-state index in [1.807, 2.05) is 0 Å². The fourth-order valence-electron chi connectivity index (χ4n) is 2.12. The Labute approximate surface area is 105 Å². The van der Waals surface area contributed by atoms with Gasteiger partial charge in [0, 0.05) is 20.1 Å². The van der Waals surface area contributed by atoms with Gasteiger partial charge in [0.25, 0.3) is 0 Å². The van der Waals surface area contributed by atoms with Crippen molar-refractivity contribution < 1.29 is 19.4 Å². The second-order valence-electron chi connectivity index (χ2n) is 4.25. The molecule has 1 atom stereocenters. The smallest absolute Gasteiger partial charge is 0.358 e. The Balaban J connectivity index is 2.24. The number of carboxylic acids is 1. The van der Waals surface area contributed by atoms with Gasteiger partial charge in [0.1, 0.15) is 0 Å². The summed E-state index contributed by atoms with van der Waals surface area (Å²) in [5, 5.41) is 16.8. The predicted octanol–water partition coefficient (Wildman–Crippen LogP) is 0.517. The summed E-state index contributed by atoms with van der Waals surface area (Å²) in [6, 6.07) is 0.0752. The summed E-state index contributed by atoms with van der Waals surface area (Å²) in [6.07, 6.45) is 2.38. The zero-order valence-electron chi connectivity index (χ0n) is 10.3. The van der Waals surface area contributed by atoms with Gasteiger partial charge in [0.05, 0.1) is 24.9 Å². The van der Waals surface area contributed by atoms with Gasteiger partial charge in [-0.1, -0.05) is 5.21 Å². The van der Waals surface area contributed by atoms with Crippen molar-refractivity contribution in [3.63, 3.8) is 0 Å². The number of rotatable bonds is 5. The topological polar surface area (TPSA) is 86.5 Å². The lowest BCUT2D eigenvalue weighted by atomic mass is 10.1. The Morgan fingerprint density at radius 2 is 2.50 bits per heavy atom. The van der Waals surface area contributed by atoms with Crippen molar-refractivity contribution in [2.75, 3.05) is 26.9 Å². The molecule has 0 aliphatic carbocycles. The first-order chi connectivity index (χ1) is 8.74. The highest BCUT2D eigenvalue weighted by molar-refractivity contribution is 5.86. The molecule has 0 saturated carbocycles. The van der Waals surface area contributed by atoms with Crippen molar-refractivity contribution in [1.29, 1.82) is 0 Å². The molecule has 1 saturated heterocycles. The van der Waals surface area contributed by atoms with Crippen molar-refractivity contribution in [2.45, 2.75) is 25.3 Å². The van der Waals surface area contributed by atoms with Crippen LogP contribution in [0.25, 0.3) is 0 Å². The highest BCUT2D eigenvalue weighted by atomic mass is 16.5. The van der Waals surface area contributed by atoms with E-state index in [4.69, 9.17) is 14.6 Å². The van der Waals surface area contributed by atoms with Gasteiger partial charge in [-0.05, 0) is 12.8 Å². The molecule has 0 aromatic carbocycles. The molecule has 0 spiro atoms. The highest BCUT2D eigenvalue weighted by Gasteiger charge is 2.25. The Bertz CT molecular complexity index is 412. The number of methoxy groups -OCH3 is 1. The average molecular weight is 255 g/mol. The minimum atomic E-state index is -1.05. The van der Waals surface area contributed by atoms with Crippen molar-refractivity contribution in [3.05, 3.63) is 11.4 Å². The monoisotopic (exact) mass is 255 g/mol. The number of ether oxygens (including phenoxy) is 2. The standard InChI is InChI=1S/C11H17N3O4/c1-17-6-4-9-10(11(15)16)12-13-14(9)8-3-2-5-18-7-8/h8H,2-7H2,1H3,(H,15,16). The molecule has 18 heavy (non-hydrogen) atoms. The van der Waals surface area contributed by atoms with E-state index < -0.39 is 5.97 Å². The van der Waals surface area contributed by atoms with Crippen LogP contribution >= 0.6 is 0 Å². The summed E-state index contributed by atoms with van der Waals surface area (Å²) in [7, 11) is 1.58. The molecular weight excluding hydrogens is 238 g/mol. The lowest BCUT2D eigenvalue weighted by Gasteiger charge is -2.23. The minimum Gasteiger partial charge on any atom is -0.476 e. The third kappa shape index (κ3) is 2.68. The first-order valence-corrected chi connectivity index (χ1v) is 5.98. The molecule has 1 aliphatic rings. The number of aromatic nitrogens is 3. The van der Waals surface area contributed by atoms with E-state index in [0.29, 0.717) is 25.3 Å². The fourth-order valence-corrected chi connectivity index (χ4v) is 2.12. The third-order valence-corrected chi connectivity index (χ3v) is 3.02. The molecule has 1 unspecified atom stereocenters. The highest BCUT2D eigenvalue weighted by Crippen LogP contribution is 2.21. The van der Waals surface area contributed by atoms with Crippen LogP contribution in [0.2, 0.25) is 0 Å². The molecule has 1 N–H and O–H groups in total. The number of carbonyl (C=O) groups is 1. The molecule has 1 fully saturated rings. The Morgan fingerprint density at radius 3 is 3.11 bits per heavy atom. The first-order valence-electron chi connectivity index (χ1n) is 5.98. The van der Waals surface area contributed by atoms with Crippen molar-refractivity contribution in [2.24, 2.45) is 0 Å². The second-order valence-corrected chi connectivity index (χ2v) is 4.25. The summed E-state index contributed by atoms with van der Waals surface area (Å²) in [5.74, 6) is -1.05. The van der Waals surface area contributed by atoms with Gasteiger partial charge in [0.2, 0.25) is 0 Å². The summed E-state index contributed by atoms with van der Waals surface area (Å²) in [4.78, 5) is 11.1. The third-order valence-electron chi connectivity index (χ3n) is 3.02. The van der Waals surface area contributed by atoms with Crippen LogP contribution in [0.5, 0.6) is 0 Å². The van der Waals surface area contributed by atoms with Gasteiger partial charge < -0.3 is 14.6 Å². The molecule has 7 heteroatoms. The van der Waals surface area contributed by atoms with E-state index >= 15 is 0 Å². The summed E-state index contributed by atoms with van der Waals surface area (Å²) in [6.45, 7) is 1.76. The molecule has 2 rings (SSSR count). The molecule has 1 aromatic rings. The first kappa shape index (κ1) is 13.0. The van der Waals surface area contributed by atoms with Crippen LogP contribution < -0.4 is 0 Å². The fraction of sp³-hybridized carbons (Fsp3) is 0.727.